The fraction of sp³-hybridized carbons (Fsp3) is 0.500. The van der Waals surface area contributed by atoms with E-state index in [4.69, 9.17) is 0 Å². The first kappa shape index (κ1) is 7.98. The molecule has 1 heterocycles. The Morgan fingerprint density at radius 3 is 2.64 bits per heavy atom. The quantitative estimate of drug-likeness (QED) is 0.652. The summed E-state index contributed by atoms with van der Waals surface area (Å²) in [6.45, 7) is 5.48. The molecule has 1 aromatic heterocycles. The lowest BCUT2D eigenvalue weighted by Gasteiger charge is -1.93. The zero-order valence-electron chi connectivity index (χ0n) is 7.06. The number of aromatic amines is 1. The van der Waals surface area contributed by atoms with Gasteiger partial charge in [-0.05, 0) is 13.3 Å². The van der Waals surface area contributed by atoms with Crippen molar-refractivity contribution < 1.29 is 4.79 Å². The highest BCUT2D eigenvalue weighted by Gasteiger charge is 2.11. The summed E-state index contributed by atoms with van der Waals surface area (Å²) in [5.41, 5.74) is 2.63. The van der Waals surface area contributed by atoms with Crippen LogP contribution in [0.1, 0.15) is 35.6 Å². The molecule has 0 unspecified atom stereocenters. The maximum atomic E-state index is 11.0. The summed E-state index contributed by atoms with van der Waals surface area (Å²) in [5.74, 6) is 0.0335. The minimum atomic E-state index is 0.0335. The van der Waals surface area contributed by atoms with Crippen molar-refractivity contribution in [3.8, 4) is 0 Å². The van der Waals surface area contributed by atoms with Crippen molar-refractivity contribution in [2.45, 2.75) is 27.2 Å². The van der Waals surface area contributed by atoms with Crippen LogP contribution in [0.15, 0.2) is 0 Å². The van der Waals surface area contributed by atoms with Gasteiger partial charge < -0.3 is 0 Å². The van der Waals surface area contributed by atoms with E-state index in [-0.39, 0.29) is 5.78 Å². The van der Waals surface area contributed by atoms with Crippen LogP contribution < -0.4 is 0 Å². The van der Waals surface area contributed by atoms with Crippen LogP contribution in [0.4, 0.5) is 0 Å². The first-order valence-electron chi connectivity index (χ1n) is 3.71. The van der Waals surface area contributed by atoms with E-state index in [2.05, 4.69) is 10.2 Å². The molecule has 0 radical (unpaired) electrons. The highest BCUT2D eigenvalue weighted by Crippen LogP contribution is 2.10. The zero-order valence-corrected chi connectivity index (χ0v) is 7.06. The van der Waals surface area contributed by atoms with Crippen molar-refractivity contribution >= 4 is 5.78 Å². The van der Waals surface area contributed by atoms with Gasteiger partial charge in [-0.3, -0.25) is 9.89 Å². The molecule has 0 aliphatic heterocycles. The zero-order chi connectivity index (χ0) is 8.43. The van der Waals surface area contributed by atoms with E-state index in [9.17, 15) is 4.79 Å². The number of carbonyl (C=O) groups excluding carboxylic acids is 1. The van der Waals surface area contributed by atoms with Crippen LogP contribution in [-0.4, -0.2) is 16.0 Å². The molecule has 11 heavy (non-hydrogen) atoms. The molecule has 0 fully saturated rings. The van der Waals surface area contributed by atoms with Gasteiger partial charge in [0.15, 0.2) is 5.78 Å². The maximum Gasteiger partial charge on any atom is 0.180 e. The van der Waals surface area contributed by atoms with E-state index in [1.807, 2.05) is 13.8 Å². The number of aromatic nitrogens is 2. The van der Waals surface area contributed by atoms with Crippen LogP contribution in [0.2, 0.25) is 0 Å². The Morgan fingerprint density at radius 2 is 2.27 bits per heavy atom. The smallest absolute Gasteiger partial charge is 0.180 e. The number of aryl methyl sites for hydroxylation is 1. The number of rotatable bonds is 2. The topological polar surface area (TPSA) is 45.8 Å². The molecule has 3 nitrogen and oxygen atoms in total. The normalized spacial score (nSPS) is 10.1. The molecule has 0 saturated heterocycles. The van der Waals surface area contributed by atoms with E-state index in [1.165, 1.54) is 6.92 Å². The molecule has 3 heteroatoms. The summed E-state index contributed by atoms with van der Waals surface area (Å²) in [7, 11) is 0. The van der Waals surface area contributed by atoms with Crippen molar-refractivity contribution in [3.05, 3.63) is 17.0 Å². The minimum absolute atomic E-state index is 0.0335. The van der Waals surface area contributed by atoms with Gasteiger partial charge in [-0.25, -0.2) is 0 Å². The second-order valence-electron chi connectivity index (χ2n) is 2.59. The maximum absolute atomic E-state index is 11.0. The molecule has 0 bridgehead atoms. The molecule has 0 atom stereocenters. The van der Waals surface area contributed by atoms with E-state index < -0.39 is 0 Å². The molecule has 1 aromatic rings. The largest absolute Gasteiger partial charge is 0.293 e. The number of Topliss-reactive ketones (excluding diaryl/α,β-unsaturated/α-hetero) is 1. The number of ketones is 1. The summed E-state index contributed by atoms with van der Waals surface area (Å²) in [6.07, 6.45) is 0.858. The van der Waals surface area contributed by atoms with Crippen LogP contribution in [0, 0.1) is 6.92 Å². The van der Waals surface area contributed by atoms with Crippen LogP contribution in [-0.2, 0) is 6.42 Å². The van der Waals surface area contributed by atoms with E-state index in [0.717, 1.165) is 17.7 Å². The predicted octanol–water partition coefficient (Wildman–Crippen LogP) is 1.48. The Kier molecular flexibility index (Phi) is 2.08. The molecule has 60 valence electrons. The predicted molar refractivity (Wildman–Crippen MR) is 42.7 cm³/mol. The fourth-order valence-electron chi connectivity index (χ4n) is 1.18. The molecule has 0 aliphatic rings. The average Bonchev–Trinajstić information content (AvgIpc) is 2.30. The van der Waals surface area contributed by atoms with Crippen LogP contribution >= 0.6 is 0 Å². The Bertz CT molecular complexity index is 276. The number of nitrogens with one attached hydrogen (secondary N) is 1. The molecule has 0 spiro atoms. The van der Waals surface area contributed by atoms with Gasteiger partial charge in [-0.15, -0.1) is 0 Å². The molecule has 0 aromatic carbocycles. The van der Waals surface area contributed by atoms with Crippen LogP contribution in [0.3, 0.4) is 0 Å². The van der Waals surface area contributed by atoms with Crippen LogP contribution in [0.25, 0.3) is 0 Å². The number of hydrogen-bond donors (Lipinski definition) is 1. The van der Waals surface area contributed by atoms with Crippen molar-refractivity contribution in [1.82, 2.24) is 10.2 Å². The van der Waals surface area contributed by atoms with Gasteiger partial charge in [0.25, 0.3) is 0 Å². The van der Waals surface area contributed by atoms with Crippen LogP contribution in [0.5, 0.6) is 0 Å². The molecule has 1 rings (SSSR count). The lowest BCUT2D eigenvalue weighted by Crippen LogP contribution is -1.97. The van der Waals surface area contributed by atoms with Gasteiger partial charge in [0.2, 0.25) is 0 Å². The third-order valence-electron chi connectivity index (χ3n) is 1.76. The van der Waals surface area contributed by atoms with Crippen molar-refractivity contribution in [1.29, 1.82) is 0 Å². The number of hydrogen-bond acceptors (Lipinski definition) is 2. The summed E-state index contributed by atoms with van der Waals surface area (Å²) >= 11 is 0. The summed E-state index contributed by atoms with van der Waals surface area (Å²) in [4.78, 5) is 11.0. The highest BCUT2D eigenvalue weighted by atomic mass is 16.1. The first-order chi connectivity index (χ1) is 5.16. The molecule has 0 amide bonds. The van der Waals surface area contributed by atoms with E-state index >= 15 is 0 Å². The standard InChI is InChI=1S/C8H12N2O/c1-4-7-5(2)9-10-8(7)6(3)11/h4H2,1-3H3,(H,9,10). The van der Waals surface area contributed by atoms with Gasteiger partial charge in [0, 0.05) is 18.2 Å². The Morgan fingerprint density at radius 1 is 1.64 bits per heavy atom. The highest BCUT2D eigenvalue weighted by molar-refractivity contribution is 5.93. The van der Waals surface area contributed by atoms with E-state index in [1.54, 1.807) is 0 Å². The van der Waals surface area contributed by atoms with Gasteiger partial charge >= 0.3 is 0 Å². The average molecular weight is 152 g/mol. The molecule has 0 aliphatic carbocycles. The van der Waals surface area contributed by atoms with Gasteiger partial charge in [-0.2, -0.15) is 5.10 Å². The Balaban J connectivity index is 3.15. The fourth-order valence-corrected chi connectivity index (χ4v) is 1.18. The summed E-state index contributed by atoms with van der Waals surface area (Å²) < 4.78 is 0. The number of carbonyl (C=O) groups is 1. The lowest BCUT2D eigenvalue weighted by atomic mass is 10.1. The third kappa shape index (κ3) is 1.31. The first-order valence-corrected chi connectivity index (χ1v) is 3.71. The Labute approximate surface area is 65.8 Å². The SMILES string of the molecule is CCc1c(C(C)=O)n[nH]c1C. The molecular formula is C8H12N2O. The van der Waals surface area contributed by atoms with Gasteiger partial charge in [-0.1, -0.05) is 6.92 Å². The van der Waals surface area contributed by atoms with Gasteiger partial charge in [0.05, 0.1) is 0 Å². The number of nitrogens with zero attached hydrogens (tertiary/aromatic N) is 1. The molecule has 0 saturated carbocycles. The summed E-state index contributed by atoms with van der Waals surface area (Å²) in [6, 6.07) is 0. The second kappa shape index (κ2) is 2.86. The van der Waals surface area contributed by atoms with Crippen molar-refractivity contribution in [3.63, 3.8) is 0 Å². The van der Waals surface area contributed by atoms with Crippen molar-refractivity contribution in [2.75, 3.05) is 0 Å². The monoisotopic (exact) mass is 152 g/mol. The summed E-state index contributed by atoms with van der Waals surface area (Å²) in [5, 5.41) is 6.71. The Hall–Kier alpha value is -1.12. The third-order valence-corrected chi connectivity index (χ3v) is 1.76. The minimum Gasteiger partial charge on any atom is -0.293 e. The van der Waals surface area contributed by atoms with E-state index in [0.29, 0.717) is 5.69 Å². The second-order valence-corrected chi connectivity index (χ2v) is 2.59. The van der Waals surface area contributed by atoms with Crippen molar-refractivity contribution in [2.24, 2.45) is 0 Å². The molecule has 1 N–H and O–H groups in total. The lowest BCUT2D eigenvalue weighted by molar-refractivity contribution is 0.101. The van der Waals surface area contributed by atoms with Gasteiger partial charge in [0.1, 0.15) is 5.69 Å². The number of H-pyrrole nitrogens is 1. The molecular weight excluding hydrogens is 140 g/mol.